The summed E-state index contributed by atoms with van der Waals surface area (Å²) in [6, 6.07) is 6.66. The molecule has 2 unspecified atom stereocenters. The third kappa shape index (κ3) is 2.22. The maximum absolute atomic E-state index is 6.09. The molecule has 1 aromatic carbocycles. The molecule has 0 saturated carbocycles. The van der Waals surface area contributed by atoms with Gasteiger partial charge in [-0.2, -0.15) is 0 Å². The van der Waals surface area contributed by atoms with Crippen LogP contribution in [0.15, 0.2) is 18.2 Å². The Balaban J connectivity index is 2.44. The van der Waals surface area contributed by atoms with Crippen LogP contribution < -0.4 is 5.73 Å². The summed E-state index contributed by atoms with van der Waals surface area (Å²) in [6.45, 7) is 8.83. The Kier molecular flexibility index (Phi) is 3.60. The van der Waals surface area contributed by atoms with Crippen molar-refractivity contribution in [1.29, 1.82) is 0 Å². The van der Waals surface area contributed by atoms with Crippen molar-refractivity contribution in [3.8, 4) is 0 Å². The quantitative estimate of drug-likeness (QED) is 0.887. The van der Waals surface area contributed by atoms with Crippen molar-refractivity contribution in [2.24, 2.45) is 5.92 Å². The van der Waals surface area contributed by atoms with E-state index in [1.165, 1.54) is 12.0 Å². The van der Waals surface area contributed by atoms with Gasteiger partial charge in [0, 0.05) is 6.04 Å². The number of nitrogen functional groups attached to an aromatic ring is 1. The number of rotatable bonds is 4. The van der Waals surface area contributed by atoms with Gasteiger partial charge in [-0.15, -0.1) is 0 Å². The molecule has 2 N–H and O–H groups in total. The zero-order valence-electron chi connectivity index (χ0n) is 11.8. The van der Waals surface area contributed by atoms with Gasteiger partial charge in [0.2, 0.25) is 5.95 Å². The van der Waals surface area contributed by atoms with Gasteiger partial charge in [-0.1, -0.05) is 32.4 Å². The summed E-state index contributed by atoms with van der Waals surface area (Å²) >= 11 is 0. The SMILES string of the molecule is CCC(C)CC(C)n1c(N)nc2c(C)cccc21. The molecule has 2 aromatic rings. The van der Waals surface area contributed by atoms with Crippen LogP contribution >= 0.6 is 0 Å². The van der Waals surface area contributed by atoms with Gasteiger partial charge in [0.15, 0.2) is 0 Å². The number of imidazole rings is 1. The highest BCUT2D eigenvalue weighted by Crippen LogP contribution is 2.28. The molecular formula is C15H23N3. The first kappa shape index (κ1) is 12.9. The normalized spacial score (nSPS) is 14.9. The van der Waals surface area contributed by atoms with Gasteiger partial charge in [-0.3, -0.25) is 0 Å². The van der Waals surface area contributed by atoms with E-state index in [9.17, 15) is 0 Å². The lowest BCUT2D eigenvalue weighted by Crippen LogP contribution is -2.11. The number of fused-ring (bicyclic) bond motifs is 1. The molecule has 0 bridgehead atoms. The van der Waals surface area contributed by atoms with Gasteiger partial charge >= 0.3 is 0 Å². The van der Waals surface area contributed by atoms with E-state index in [1.54, 1.807) is 0 Å². The van der Waals surface area contributed by atoms with Crippen molar-refractivity contribution in [2.75, 3.05) is 5.73 Å². The molecule has 3 nitrogen and oxygen atoms in total. The van der Waals surface area contributed by atoms with Crippen LogP contribution in [-0.4, -0.2) is 9.55 Å². The van der Waals surface area contributed by atoms with E-state index in [0.717, 1.165) is 17.5 Å². The molecular weight excluding hydrogens is 222 g/mol. The second kappa shape index (κ2) is 5.01. The predicted molar refractivity (Wildman–Crippen MR) is 77.7 cm³/mol. The van der Waals surface area contributed by atoms with Crippen LogP contribution in [0.25, 0.3) is 11.0 Å². The van der Waals surface area contributed by atoms with Crippen LogP contribution in [0.1, 0.15) is 45.2 Å². The Morgan fingerprint density at radius 2 is 2.06 bits per heavy atom. The van der Waals surface area contributed by atoms with E-state index in [1.807, 2.05) is 0 Å². The summed E-state index contributed by atoms with van der Waals surface area (Å²) in [7, 11) is 0. The van der Waals surface area contributed by atoms with Crippen molar-refractivity contribution < 1.29 is 0 Å². The third-order valence-corrected chi connectivity index (χ3v) is 3.83. The van der Waals surface area contributed by atoms with Crippen LogP contribution in [0.2, 0.25) is 0 Å². The zero-order valence-corrected chi connectivity index (χ0v) is 11.8. The lowest BCUT2D eigenvalue weighted by Gasteiger charge is -2.19. The highest BCUT2D eigenvalue weighted by atomic mass is 15.2. The molecule has 18 heavy (non-hydrogen) atoms. The zero-order chi connectivity index (χ0) is 13.3. The lowest BCUT2D eigenvalue weighted by atomic mass is 10.00. The van der Waals surface area contributed by atoms with Crippen LogP contribution in [0.4, 0.5) is 5.95 Å². The summed E-state index contributed by atoms with van der Waals surface area (Å²) in [5.41, 5.74) is 9.47. The third-order valence-electron chi connectivity index (χ3n) is 3.83. The number of aromatic nitrogens is 2. The molecule has 0 radical (unpaired) electrons. The molecule has 0 fully saturated rings. The molecule has 0 aliphatic carbocycles. The second-order valence-electron chi connectivity index (χ2n) is 5.38. The highest BCUT2D eigenvalue weighted by Gasteiger charge is 2.16. The number of aryl methyl sites for hydroxylation is 1. The standard InChI is InChI=1S/C15H23N3/c1-5-10(2)9-12(4)18-13-8-6-7-11(3)14(13)17-15(18)16/h6-8,10,12H,5,9H2,1-4H3,(H2,16,17). The predicted octanol–water partition coefficient (Wildman–Crippen LogP) is 3.92. The second-order valence-corrected chi connectivity index (χ2v) is 5.38. The molecule has 3 heteroatoms. The molecule has 98 valence electrons. The molecule has 2 rings (SSSR count). The maximum Gasteiger partial charge on any atom is 0.201 e. The molecule has 0 saturated heterocycles. The van der Waals surface area contributed by atoms with Gasteiger partial charge in [-0.05, 0) is 37.8 Å². The number of hydrogen-bond donors (Lipinski definition) is 1. The molecule has 0 aliphatic rings. The number of hydrogen-bond acceptors (Lipinski definition) is 2. The number of para-hydroxylation sites is 1. The topological polar surface area (TPSA) is 43.8 Å². The smallest absolute Gasteiger partial charge is 0.201 e. The van der Waals surface area contributed by atoms with E-state index >= 15 is 0 Å². The molecule has 1 heterocycles. The van der Waals surface area contributed by atoms with Crippen molar-refractivity contribution in [3.63, 3.8) is 0 Å². The molecule has 0 spiro atoms. The summed E-state index contributed by atoms with van der Waals surface area (Å²) in [4.78, 5) is 4.51. The summed E-state index contributed by atoms with van der Waals surface area (Å²) < 4.78 is 2.18. The minimum Gasteiger partial charge on any atom is -0.369 e. The summed E-state index contributed by atoms with van der Waals surface area (Å²) in [5.74, 6) is 1.34. The Hall–Kier alpha value is -1.51. The van der Waals surface area contributed by atoms with E-state index in [-0.39, 0.29) is 0 Å². The van der Waals surface area contributed by atoms with Gasteiger partial charge < -0.3 is 10.3 Å². The van der Waals surface area contributed by atoms with Crippen molar-refractivity contribution in [1.82, 2.24) is 9.55 Å². The minimum absolute atomic E-state index is 0.395. The van der Waals surface area contributed by atoms with E-state index in [2.05, 4.69) is 55.4 Å². The largest absolute Gasteiger partial charge is 0.369 e. The monoisotopic (exact) mass is 245 g/mol. The molecule has 2 atom stereocenters. The van der Waals surface area contributed by atoms with E-state index in [4.69, 9.17) is 5.73 Å². The van der Waals surface area contributed by atoms with E-state index in [0.29, 0.717) is 17.9 Å². The fourth-order valence-electron chi connectivity index (χ4n) is 2.59. The van der Waals surface area contributed by atoms with Crippen LogP contribution in [-0.2, 0) is 0 Å². The summed E-state index contributed by atoms with van der Waals surface area (Å²) in [6.07, 6.45) is 2.34. The number of nitrogens with two attached hydrogens (primary N) is 1. The summed E-state index contributed by atoms with van der Waals surface area (Å²) in [5, 5.41) is 0. The fraction of sp³-hybridized carbons (Fsp3) is 0.533. The van der Waals surface area contributed by atoms with Gasteiger partial charge in [-0.25, -0.2) is 4.98 Å². The van der Waals surface area contributed by atoms with Crippen LogP contribution in [0, 0.1) is 12.8 Å². The van der Waals surface area contributed by atoms with Gasteiger partial charge in [0.25, 0.3) is 0 Å². The first-order chi connectivity index (χ1) is 8.54. The molecule has 0 aliphatic heterocycles. The average molecular weight is 245 g/mol. The first-order valence-electron chi connectivity index (χ1n) is 6.77. The maximum atomic E-state index is 6.09. The van der Waals surface area contributed by atoms with Crippen molar-refractivity contribution in [2.45, 2.75) is 46.6 Å². The number of anilines is 1. The first-order valence-corrected chi connectivity index (χ1v) is 6.77. The van der Waals surface area contributed by atoms with E-state index < -0.39 is 0 Å². The van der Waals surface area contributed by atoms with Crippen molar-refractivity contribution in [3.05, 3.63) is 23.8 Å². The highest BCUT2D eigenvalue weighted by molar-refractivity contribution is 5.81. The number of benzene rings is 1. The Morgan fingerprint density at radius 3 is 2.72 bits per heavy atom. The van der Waals surface area contributed by atoms with Crippen molar-refractivity contribution >= 4 is 17.0 Å². The molecule has 1 aromatic heterocycles. The fourth-order valence-corrected chi connectivity index (χ4v) is 2.59. The average Bonchev–Trinajstić information content (AvgIpc) is 2.67. The number of nitrogens with zero attached hydrogens (tertiary/aromatic N) is 2. The molecule has 0 amide bonds. The van der Waals surface area contributed by atoms with Crippen LogP contribution in [0.5, 0.6) is 0 Å². The lowest BCUT2D eigenvalue weighted by molar-refractivity contribution is 0.407. The Labute approximate surface area is 109 Å². The van der Waals surface area contributed by atoms with Crippen LogP contribution in [0.3, 0.4) is 0 Å². The minimum atomic E-state index is 0.395. The Morgan fingerprint density at radius 1 is 1.33 bits per heavy atom. The van der Waals surface area contributed by atoms with Gasteiger partial charge in [0.1, 0.15) is 0 Å². The Bertz CT molecular complexity index is 542. The van der Waals surface area contributed by atoms with Gasteiger partial charge in [0.05, 0.1) is 11.0 Å².